The molecule has 0 saturated heterocycles. The van der Waals surface area contributed by atoms with E-state index in [0.29, 0.717) is 6.61 Å². The van der Waals surface area contributed by atoms with Crippen LogP contribution in [0, 0.1) is 0 Å². The van der Waals surface area contributed by atoms with Gasteiger partial charge in [0.25, 0.3) is 0 Å². The predicted octanol–water partition coefficient (Wildman–Crippen LogP) is 0.916. The number of ether oxygens (including phenoxy) is 1. The van der Waals surface area contributed by atoms with Crippen molar-refractivity contribution >= 4 is 6.41 Å². The number of amides is 1. The first-order valence-electron chi connectivity index (χ1n) is 5.48. The molecule has 0 aliphatic rings. The van der Waals surface area contributed by atoms with E-state index in [1.165, 1.54) is 0 Å². The van der Waals surface area contributed by atoms with Gasteiger partial charge in [0.2, 0.25) is 6.41 Å². The van der Waals surface area contributed by atoms with Gasteiger partial charge in [-0.05, 0) is 47.2 Å². The van der Waals surface area contributed by atoms with Crippen LogP contribution in [0.4, 0.5) is 0 Å². The lowest BCUT2D eigenvalue weighted by Gasteiger charge is -2.22. The number of hydrogen-bond donors (Lipinski definition) is 2. The van der Waals surface area contributed by atoms with E-state index >= 15 is 0 Å². The van der Waals surface area contributed by atoms with Crippen LogP contribution in [0.3, 0.4) is 0 Å². The molecule has 0 saturated carbocycles. The summed E-state index contributed by atoms with van der Waals surface area (Å²) in [5.41, 5.74) is -0.102. The largest absolute Gasteiger partial charge is 0.376 e. The van der Waals surface area contributed by atoms with E-state index in [2.05, 4.69) is 10.6 Å². The predicted molar refractivity (Wildman–Crippen MR) is 61.9 cm³/mol. The SMILES string of the molecule is CNCCC(CCOC(C)(C)C)NC=O. The van der Waals surface area contributed by atoms with E-state index < -0.39 is 0 Å². The van der Waals surface area contributed by atoms with Crippen LogP contribution in [0.25, 0.3) is 0 Å². The maximum absolute atomic E-state index is 10.4. The van der Waals surface area contributed by atoms with Crippen molar-refractivity contribution < 1.29 is 9.53 Å². The number of rotatable bonds is 8. The van der Waals surface area contributed by atoms with Crippen molar-refractivity contribution in [1.29, 1.82) is 0 Å². The van der Waals surface area contributed by atoms with Crippen LogP contribution in [0.5, 0.6) is 0 Å². The Bertz CT molecular complexity index is 166. The minimum absolute atomic E-state index is 0.102. The fraction of sp³-hybridized carbons (Fsp3) is 0.909. The van der Waals surface area contributed by atoms with Gasteiger partial charge in [-0.1, -0.05) is 0 Å². The summed E-state index contributed by atoms with van der Waals surface area (Å²) in [6.45, 7) is 7.67. The molecule has 0 aromatic rings. The molecule has 0 heterocycles. The third kappa shape index (κ3) is 9.69. The van der Waals surface area contributed by atoms with Gasteiger partial charge in [0.1, 0.15) is 0 Å². The van der Waals surface area contributed by atoms with Crippen molar-refractivity contribution in [2.75, 3.05) is 20.2 Å². The summed E-state index contributed by atoms with van der Waals surface area (Å²) in [7, 11) is 1.91. The molecule has 1 unspecified atom stereocenters. The Morgan fingerprint density at radius 3 is 2.47 bits per heavy atom. The lowest BCUT2D eigenvalue weighted by molar-refractivity contribution is -0.110. The van der Waals surface area contributed by atoms with Gasteiger partial charge in [0.15, 0.2) is 0 Å². The fourth-order valence-corrected chi connectivity index (χ4v) is 1.23. The van der Waals surface area contributed by atoms with Gasteiger partial charge >= 0.3 is 0 Å². The smallest absolute Gasteiger partial charge is 0.207 e. The van der Waals surface area contributed by atoms with Gasteiger partial charge < -0.3 is 15.4 Å². The first kappa shape index (κ1) is 14.4. The number of hydrogen-bond acceptors (Lipinski definition) is 3. The summed E-state index contributed by atoms with van der Waals surface area (Å²) in [5, 5.41) is 5.87. The number of carbonyl (C=O) groups is 1. The van der Waals surface area contributed by atoms with E-state index in [-0.39, 0.29) is 11.6 Å². The third-order valence-corrected chi connectivity index (χ3v) is 2.05. The highest BCUT2D eigenvalue weighted by Gasteiger charge is 2.12. The maximum atomic E-state index is 10.4. The van der Waals surface area contributed by atoms with Crippen LogP contribution < -0.4 is 10.6 Å². The zero-order chi connectivity index (χ0) is 11.7. The molecule has 15 heavy (non-hydrogen) atoms. The summed E-state index contributed by atoms with van der Waals surface area (Å²) in [6.07, 6.45) is 2.55. The minimum atomic E-state index is -0.102. The van der Waals surface area contributed by atoms with Crippen LogP contribution in [-0.2, 0) is 9.53 Å². The molecule has 0 rings (SSSR count). The van der Waals surface area contributed by atoms with E-state index in [1.807, 2.05) is 27.8 Å². The van der Waals surface area contributed by atoms with E-state index in [0.717, 1.165) is 25.8 Å². The summed E-state index contributed by atoms with van der Waals surface area (Å²) >= 11 is 0. The summed E-state index contributed by atoms with van der Waals surface area (Å²) < 4.78 is 5.61. The lowest BCUT2D eigenvalue weighted by atomic mass is 10.1. The molecule has 90 valence electrons. The van der Waals surface area contributed by atoms with Crippen LogP contribution in [-0.4, -0.2) is 38.3 Å². The molecule has 0 aliphatic heterocycles. The maximum Gasteiger partial charge on any atom is 0.207 e. The number of carbonyl (C=O) groups excluding carboxylic acids is 1. The highest BCUT2D eigenvalue weighted by Crippen LogP contribution is 2.08. The van der Waals surface area contributed by atoms with Gasteiger partial charge in [-0.3, -0.25) is 4.79 Å². The van der Waals surface area contributed by atoms with Crippen molar-refractivity contribution in [2.45, 2.75) is 45.3 Å². The van der Waals surface area contributed by atoms with Gasteiger partial charge in [0, 0.05) is 12.6 Å². The van der Waals surface area contributed by atoms with Crippen molar-refractivity contribution in [3.63, 3.8) is 0 Å². The van der Waals surface area contributed by atoms with E-state index in [4.69, 9.17) is 4.74 Å². The Labute approximate surface area is 92.8 Å². The Morgan fingerprint density at radius 2 is 2.00 bits per heavy atom. The highest BCUT2D eigenvalue weighted by molar-refractivity contribution is 5.46. The molecule has 0 spiro atoms. The molecule has 4 heteroatoms. The number of nitrogens with one attached hydrogen (secondary N) is 2. The Kier molecular flexibility index (Phi) is 7.34. The van der Waals surface area contributed by atoms with Crippen molar-refractivity contribution in [3.05, 3.63) is 0 Å². The van der Waals surface area contributed by atoms with Gasteiger partial charge in [-0.2, -0.15) is 0 Å². The van der Waals surface area contributed by atoms with Gasteiger partial charge in [0.05, 0.1) is 5.60 Å². The molecular weight excluding hydrogens is 192 g/mol. The second-order valence-corrected chi connectivity index (χ2v) is 4.62. The van der Waals surface area contributed by atoms with E-state index in [9.17, 15) is 4.79 Å². The molecule has 0 aromatic carbocycles. The summed E-state index contributed by atoms with van der Waals surface area (Å²) in [4.78, 5) is 10.4. The molecule has 0 bridgehead atoms. The first-order chi connectivity index (χ1) is 6.99. The van der Waals surface area contributed by atoms with Crippen LogP contribution in [0.2, 0.25) is 0 Å². The molecule has 0 radical (unpaired) electrons. The summed E-state index contributed by atoms with van der Waals surface area (Å²) in [6, 6.07) is 0.206. The van der Waals surface area contributed by atoms with E-state index in [1.54, 1.807) is 0 Å². The molecule has 4 nitrogen and oxygen atoms in total. The fourth-order valence-electron chi connectivity index (χ4n) is 1.23. The zero-order valence-electron chi connectivity index (χ0n) is 10.3. The summed E-state index contributed by atoms with van der Waals surface area (Å²) in [5.74, 6) is 0. The zero-order valence-corrected chi connectivity index (χ0v) is 10.3. The Morgan fingerprint density at radius 1 is 1.33 bits per heavy atom. The molecule has 1 atom stereocenters. The van der Waals surface area contributed by atoms with Crippen LogP contribution >= 0.6 is 0 Å². The molecule has 0 aromatic heterocycles. The quantitative estimate of drug-likeness (QED) is 0.593. The first-order valence-corrected chi connectivity index (χ1v) is 5.48. The molecule has 2 N–H and O–H groups in total. The molecular formula is C11H24N2O2. The average Bonchev–Trinajstić information content (AvgIpc) is 2.12. The topological polar surface area (TPSA) is 50.4 Å². The monoisotopic (exact) mass is 216 g/mol. The normalized spacial score (nSPS) is 13.6. The molecule has 0 fully saturated rings. The van der Waals surface area contributed by atoms with Crippen LogP contribution in [0.1, 0.15) is 33.6 Å². The standard InChI is InChI=1S/C11H24N2O2/c1-11(2,3)15-8-6-10(13-9-14)5-7-12-4/h9-10,12H,5-8H2,1-4H3,(H,13,14). The van der Waals surface area contributed by atoms with Crippen molar-refractivity contribution in [3.8, 4) is 0 Å². The second-order valence-electron chi connectivity index (χ2n) is 4.62. The van der Waals surface area contributed by atoms with Gasteiger partial charge in [-0.25, -0.2) is 0 Å². The van der Waals surface area contributed by atoms with Gasteiger partial charge in [-0.15, -0.1) is 0 Å². The van der Waals surface area contributed by atoms with Crippen LogP contribution in [0.15, 0.2) is 0 Å². The second kappa shape index (κ2) is 7.65. The molecule has 0 aliphatic carbocycles. The average molecular weight is 216 g/mol. The van der Waals surface area contributed by atoms with Crippen molar-refractivity contribution in [2.24, 2.45) is 0 Å². The lowest BCUT2D eigenvalue weighted by Crippen LogP contribution is -2.33. The highest BCUT2D eigenvalue weighted by atomic mass is 16.5. The minimum Gasteiger partial charge on any atom is -0.376 e. The third-order valence-electron chi connectivity index (χ3n) is 2.05. The Hall–Kier alpha value is -0.610. The van der Waals surface area contributed by atoms with Crippen molar-refractivity contribution in [1.82, 2.24) is 10.6 Å². The Balaban J connectivity index is 3.69. The molecule has 1 amide bonds.